The van der Waals surface area contributed by atoms with Crippen molar-refractivity contribution in [1.29, 1.82) is 0 Å². The smallest absolute Gasteiger partial charge is 0.226 e. The van der Waals surface area contributed by atoms with Gasteiger partial charge in [-0.15, -0.1) is 11.3 Å². The summed E-state index contributed by atoms with van der Waals surface area (Å²) in [5.74, 6) is 0.640. The summed E-state index contributed by atoms with van der Waals surface area (Å²) in [6.45, 7) is 2.89. The van der Waals surface area contributed by atoms with E-state index in [0.717, 1.165) is 26.4 Å². The largest absolute Gasteiger partial charge is 0.307 e. The number of imidazole rings is 1. The fraction of sp³-hybridized carbons (Fsp3) is 0.158. The molecule has 0 fully saturated rings. The van der Waals surface area contributed by atoms with Crippen LogP contribution in [0.3, 0.4) is 0 Å². The molecule has 0 atom stereocenters. The minimum Gasteiger partial charge on any atom is -0.307 e. The Labute approximate surface area is 164 Å². The molecule has 0 saturated carbocycles. The average Bonchev–Trinajstić information content (AvgIpc) is 3.33. The van der Waals surface area contributed by atoms with E-state index >= 15 is 0 Å². The molecule has 4 aromatic heterocycles. The minimum atomic E-state index is -0.0172. The summed E-state index contributed by atoms with van der Waals surface area (Å²) >= 11 is 7.79. The molecule has 0 spiro atoms. The van der Waals surface area contributed by atoms with Gasteiger partial charge < -0.3 is 4.57 Å². The third kappa shape index (κ3) is 2.62. The highest BCUT2D eigenvalue weighted by atomic mass is 35.5. The van der Waals surface area contributed by atoms with E-state index in [4.69, 9.17) is 16.6 Å². The van der Waals surface area contributed by atoms with Crippen LogP contribution in [-0.4, -0.2) is 32.0 Å². The van der Waals surface area contributed by atoms with Crippen LogP contribution in [-0.2, 0) is 11.3 Å². The first kappa shape index (κ1) is 16.4. The van der Waals surface area contributed by atoms with Gasteiger partial charge in [-0.3, -0.25) is 14.7 Å². The highest BCUT2D eigenvalue weighted by Gasteiger charge is 2.31. The van der Waals surface area contributed by atoms with Crippen LogP contribution < -0.4 is 4.90 Å². The van der Waals surface area contributed by atoms with Crippen LogP contribution in [0.15, 0.2) is 42.7 Å². The Morgan fingerprint density at radius 1 is 1.22 bits per heavy atom. The highest BCUT2D eigenvalue weighted by Crippen LogP contribution is 2.42. The maximum atomic E-state index is 12.0. The molecule has 5 rings (SSSR count). The normalized spacial score (nSPS) is 13.3. The summed E-state index contributed by atoms with van der Waals surface area (Å²) in [5.41, 5.74) is 2.39. The quantitative estimate of drug-likeness (QED) is 0.476. The zero-order valence-electron chi connectivity index (χ0n) is 14.4. The predicted molar refractivity (Wildman–Crippen MR) is 107 cm³/mol. The third-order valence-corrected chi connectivity index (χ3v) is 5.96. The molecule has 1 amide bonds. The first-order valence-corrected chi connectivity index (χ1v) is 9.67. The standard InChI is InChI=1S/C19H14ClN5OS/c1-11(26)24-7-8-25-18(15-9-12-10-21-6-5-14(12)27-15)17(23-19(24)25)13-3-2-4-16(20)22-13/h2-6,9-10H,7-8H2,1H3. The van der Waals surface area contributed by atoms with E-state index in [1.165, 1.54) is 0 Å². The zero-order valence-corrected chi connectivity index (χ0v) is 16.0. The lowest BCUT2D eigenvalue weighted by molar-refractivity contribution is -0.116. The van der Waals surface area contributed by atoms with Crippen LogP contribution in [0.1, 0.15) is 6.92 Å². The molecule has 0 N–H and O–H groups in total. The molecule has 1 aliphatic heterocycles. The molecule has 1 aliphatic rings. The molecular weight excluding hydrogens is 382 g/mol. The lowest BCUT2D eigenvalue weighted by Gasteiger charge is -2.09. The number of fused-ring (bicyclic) bond motifs is 2. The van der Waals surface area contributed by atoms with E-state index in [-0.39, 0.29) is 5.91 Å². The van der Waals surface area contributed by atoms with Gasteiger partial charge in [0.25, 0.3) is 0 Å². The number of aromatic nitrogens is 4. The van der Waals surface area contributed by atoms with Gasteiger partial charge in [0.15, 0.2) is 0 Å². The van der Waals surface area contributed by atoms with Crippen molar-refractivity contribution in [3.8, 4) is 22.0 Å². The minimum absolute atomic E-state index is 0.0172. The van der Waals surface area contributed by atoms with Crippen LogP contribution in [0.25, 0.3) is 32.0 Å². The summed E-state index contributed by atoms with van der Waals surface area (Å²) in [7, 11) is 0. The first-order valence-electron chi connectivity index (χ1n) is 8.47. The van der Waals surface area contributed by atoms with Crippen LogP contribution in [0.4, 0.5) is 5.95 Å². The second kappa shape index (κ2) is 6.14. The third-order valence-electron chi connectivity index (χ3n) is 4.62. The lowest BCUT2D eigenvalue weighted by atomic mass is 10.2. The van der Waals surface area contributed by atoms with Crippen molar-refractivity contribution in [2.75, 3.05) is 11.4 Å². The van der Waals surface area contributed by atoms with Crippen LogP contribution >= 0.6 is 22.9 Å². The molecule has 8 heteroatoms. The summed E-state index contributed by atoms with van der Waals surface area (Å²) in [5, 5.41) is 1.50. The number of anilines is 1. The van der Waals surface area contributed by atoms with E-state index < -0.39 is 0 Å². The molecule has 134 valence electrons. The molecule has 5 heterocycles. The zero-order chi connectivity index (χ0) is 18.5. The number of carbonyl (C=O) groups excluding carboxylic acids is 1. The second-order valence-electron chi connectivity index (χ2n) is 6.30. The van der Waals surface area contributed by atoms with Gasteiger partial charge in [0.2, 0.25) is 11.9 Å². The van der Waals surface area contributed by atoms with Crippen LogP contribution in [0.5, 0.6) is 0 Å². The van der Waals surface area contributed by atoms with Crippen molar-refractivity contribution in [3.63, 3.8) is 0 Å². The summed E-state index contributed by atoms with van der Waals surface area (Å²) in [6.07, 6.45) is 3.65. The number of thiophene rings is 1. The number of rotatable bonds is 2. The Kier molecular flexibility index (Phi) is 3.73. The van der Waals surface area contributed by atoms with E-state index in [1.807, 2.05) is 24.4 Å². The maximum Gasteiger partial charge on any atom is 0.226 e. The number of pyridine rings is 2. The topological polar surface area (TPSA) is 63.9 Å². The highest BCUT2D eigenvalue weighted by molar-refractivity contribution is 7.22. The van der Waals surface area contributed by atoms with Crippen molar-refractivity contribution in [2.24, 2.45) is 0 Å². The van der Waals surface area contributed by atoms with Gasteiger partial charge in [0, 0.05) is 42.5 Å². The maximum absolute atomic E-state index is 12.0. The van der Waals surface area contributed by atoms with Gasteiger partial charge in [0.1, 0.15) is 10.8 Å². The molecule has 0 aliphatic carbocycles. The van der Waals surface area contributed by atoms with Crippen molar-refractivity contribution in [3.05, 3.63) is 47.9 Å². The fourth-order valence-corrected chi connectivity index (χ4v) is 4.68. The van der Waals surface area contributed by atoms with E-state index in [0.29, 0.717) is 29.9 Å². The predicted octanol–water partition coefficient (Wildman–Crippen LogP) is 4.24. The number of amides is 1. The van der Waals surface area contributed by atoms with E-state index in [9.17, 15) is 4.79 Å². The number of hydrogen-bond acceptors (Lipinski definition) is 5. The molecular formula is C19H14ClN5OS. The first-order chi connectivity index (χ1) is 13.1. The van der Waals surface area contributed by atoms with Crippen molar-refractivity contribution in [2.45, 2.75) is 13.5 Å². The van der Waals surface area contributed by atoms with E-state index in [1.54, 1.807) is 35.4 Å². The summed E-state index contributed by atoms with van der Waals surface area (Å²) < 4.78 is 3.25. The van der Waals surface area contributed by atoms with Gasteiger partial charge in [-0.2, -0.15) is 0 Å². The lowest BCUT2D eigenvalue weighted by Crippen LogP contribution is -2.26. The SMILES string of the molecule is CC(=O)N1CCn2c1nc(-c1cccc(Cl)n1)c2-c1cc2cnccc2s1. The monoisotopic (exact) mass is 395 g/mol. The molecule has 0 bridgehead atoms. The van der Waals surface area contributed by atoms with Crippen molar-refractivity contribution in [1.82, 2.24) is 19.5 Å². The van der Waals surface area contributed by atoms with Gasteiger partial charge >= 0.3 is 0 Å². The second-order valence-corrected chi connectivity index (χ2v) is 7.77. The van der Waals surface area contributed by atoms with Gasteiger partial charge in [-0.25, -0.2) is 9.97 Å². The van der Waals surface area contributed by atoms with Gasteiger partial charge in [0.05, 0.1) is 16.3 Å². The van der Waals surface area contributed by atoms with Crippen molar-refractivity contribution >= 4 is 44.9 Å². The number of halogens is 1. The Balaban J connectivity index is 1.78. The Hall–Kier alpha value is -2.77. The fourth-order valence-electron chi connectivity index (χ4n) is 3.43. The summed E-state index contributed by atoms with van der Waals surface area (Å²) in [6, 6.07) is 9.60. The number of nitrogens with zero attached hydrogens (tertiary/aromatic N) is 5. The molecule has 6 nitrogen and oxygen atoms in total. The molecule has 0 aromatic carbocycles. The van der Waals surface area contributed by atoms with Crippen molar-refractivity contribution < 1.29 is 4.79 Å². The molecule has 4 aromatic rings. The van der Waals surface area contributed by atoms with E-state index in [2.05, 4.69) is 20.6 Å². The van der Waals surface area contributed by atoms with Crippen LogP contribution in [0.2, 0.25) is 5.15 Å². The number of hydrogen-bond donors (Lipinski definition) is 0. The number of carbonyl (C=O) groups is 1. The Morgan fingerprint density at radius 3 is 2.89 bits per heavy atom. The Morgan fingerprint density at radius 2 is 2.11 bits per heavy atom. The van der Waals surface area contributed by atoms with Gasteiger partial charge in [-0.05, 0) is 24.3 Å². The molecule has 0 unspecified atom stereocenters. The summed E-state index contributed by atoms with van der Waals surface area (Å²) in [4.78, 5) is 28.2. The Bertz CT molecular complexity index is 1170. The molecule has 27 heavy (non-hydrogen) atoms. The van der Waals surface area contributed by atoms with Gasteiger partial charge in [-0.1, -0.05) is 17.7 Å². The molecule has 0 radical (unpaired) electrons. The average molecular weight is 396 g/mol. The molecule has 0 saturated heterocycles. The van der Waals surface area contributed by atoms with Crippen LogP contribution in [0, 0.1) is 0 Å².